The number of nitriles is 1. The van der Waals surface area contributed by atoms with Gasteiger partial charge in [-0.1, -0.05) is 42.1 Å². The van der Waals surface area contributed by atoms with Gasteiger partial charge in [-0.15, -0.1) is 0 Å². The van der Waals surface area contributed by atoms with Crippen molar-refractivity contribution < 1.29 is 23.9 Å². The van der Waals surface area contributed by atoms with Crippen molar-refractivity contribution in [3.63, 3.8) is 0 Å². The minimum absolute atomic E-state index is 0.0154. The number of benzene rings is 2. The summed E-state index contributed by atoms with van der Waals surface area (Å²) >= 11 is 1.14. The summed E-state index contributed by atoms with van der Waals surface area (Å²) in [6, 6.07) is 18.4. The largest absolute Gasteiger partial charge is 0.454 e. The number of rotatable bonds is 7. The number of nitrogens with zero attached hydrogens (tertiary/aromatic N) is 3. The van der Waals surface area contributed by atoms with Crippen LogP contribution in [0.4, 0.5) is 5.69 Å². The first kappa shape index (κ1) is 24.4. The van der Waals surface area contributed by atoms with Gasteiger partial charge in [0.15, 0.2) is 12.4 Å². The average molecular weight is 512 g/mol. The molecule has 37 heavy (non-hydrogen) atoms. The first-order chi connectivity index (χ1) is 17.9. The summed E-state index contributed by atoms with van der Waals surface area (Å²) in [6.45, 7) is -0.395. The van der Waals surface area contributed by atoms with Gasteiger partial charge in [-0.2, -0.15) is 5.26 Å². The third-order valence-electron chi connectivity index (χ3n) is 6.29. The average Bonchev–Trinajstić information content (AvgIpc) is 3.49. The second kappa shape index (κ2) is 10.4. The fraction of sp³-hybridized carbons (Fsp3) is 0.214. The van der Waals surface area contributed by atoms with E-state index in [9.17, 15) is 24.4 Å². The van der Waals surface area contributed by atoms with Crippen LogP contribution in [-0.2, 0) is 27.2 Å². The zero-order chi connectivity index (χ0) is 25.9. The first-order valence-electron chi connectivity index (χ1n) is 11.8. The molecular weight excluding hydrogens is 490 g/mol. The van der Waals surface area contributed by atoms with Crippen LogP contribution >= 0.6 is 11.8 Å². The highest BCUT2D eigenvalue weighted by Crippen LogP contribution is 2.36. The summed E-state index contributed by atoms with van der Waals surface area (Å²) < 4.78 is 5.12. The maximum atomic E-state index is 13.1. The molecule has 1 atom stereocenters. The van der Waals surface area contributed by atoms with Gasteiger partial charge in [0.05, 0.1) is 22.1 Å². The molecule has 0 radical (unpaired) electrons. The Kier molecular flexibility index (Phi) is 6.84. The number of hydrogen-bond donors (Lipinski definition) is 0. The molecular formula is C28H21N3O5S. The van der Waals surface area contributed by atoms with E-state index in [1.165, 1.54) is 24.3 Å². The van der Waals surface area contributed by atoms with E-state index >= 15 is 0 Å². The van der Waals surface area contributed by atoms with Crippen LogP contribution in [0.15, 0.2) is 65.7 Å². The molecule has 1 aromatic heterocycles. The number of thioether (sulfide) groups is 1. The van der Waals surface area contributed by atoms with Crippen molar-refractivity contribution in [2.24, 2.45) is 0 Å². The Balaban J connectivity index is 1.24. The van der Waals surface area contributed by atoms with Gasteiger partial charge in [0.25, 0.3) is 0 Å². The van der Waals surface area contributed by atoms with Crippen LogP contribution in [0.1, 0.15) is 50.4 Å². The summed E-state index contributed by atoms with van der Waals surface area (Å²) in [4.78, 5) is 56.1. The molecule has 1 aliphatic heterocycles. The van der Waals surface area contributed by atoms with Gasteiger partial charge in [0, 0.05) is 17.7 Å². The van der Waals surface area contributed by atoms with Crippen molar-refractivity contribution in [2.75, 3.05) is 11.5 Å². The Bertz CT molecular complexity index is 1450. The molecule has 2 heterocycles. The summed E-state index contributed by atoms with van der Waals surface area (Å²) in [7, 11) is 0. The number of amides is 2. The minimum Gasteiger partial charge on any atom is -0.454 e. The summed E-state index contributed by atoms with van der Waals surface area (Å²) in [5.41, 5.74) is 3.40. The number of carbonyl (C=O) groups excluding carboxylic acids is 4. The second-order valence-electron chi connectivity index (χ2n) is 8.70. The summed E-state index contributed by atoms with van der Waals surface area (Å²) in [5, 5.41) is 9.32. The Labute approximate surface area is 217 Å². The van der Waals surface area contributed by atoms with Crippen LogP contribution in [0.25, 0.3) is 0 Å². The van der Waals surface area contributed by atoms with Crippen molar-refractivity contribution in [2.45, 2.75) is 36.0 Å². The number of esters is 1. The van der Waals surface area contributed by atoms with E-state index < -0.39 is 23.7 Å². The summed E-state index contributed by atoms with van der Waals surface area (Å²) in [6.07, 6.45) is 2.71. The zero-order valence-electron chi connectivity index (χ0n) is 19.7. The Morgan fingerprint density at radius 2 is 1.81 bits per heavy atom. The molecule has 0 bridgehead atoms. The van der Waals surface area contributed by atoms with E-state index in [1.807, 2.05) is 6.07 Å². The van der Waals surface area contributed by atoms with E-state index in [-0.39, 0.29) is 23.7 Å². The van der Waals surface area contributed by atoms with E-state index in [1.54, 1.807) is 30.3 Å². The highest BCUT2D eigenvalue weighted by Gasteiger charge is 2.41. The zero-order valence-corrected chi connectivity index (χ0v) is 20.5. The van der Waals surface area contributed by atoms with Gasteiger partial charge >= 0.3 is 5.97 Å². The normalized spacial score (nSPS) is 16.4. The molecule has 9 heteroatoms. The standard InChI is InChI=1S/C28H21N3O5S/c29-15-20-13-19-7-4-8-22(19)30-26(20)37-24-14-25(33)31(27(24)34)21-11-9-18(10-12-21)28(35)36-16-23(32)17-5-2-1-3-6-17/h1-3,5-6,9-13,24H,4,7-8,14,16H2. The van der Waals surface area contributed by atoms with Crippen molar-refractivity contribution in [1.82, 2.24) is 4.98 Å². The lowest BCUT2D eigenvalue weighted by Crippen LogP contribution is -2.31. The molecule has 2 aromatic carbocycles. The molecule has 1 aliphatic carbocycles. The fourth-order valence-corrected chi connectivity index (χ4v) is 5.49. The Hall–Kier alpha value is -4.29. The quantitative estimate of drug-likeness (QED) is 0.266. The number of hydrogen-bond acceptors (Lipinski definition) is 8. The van der Waals surface area contributed by atoms with Gasteiger partial charge < -0.3 is 4.74 Å². The number of anilines is 1. The molecule has 8 nitrogen and oxygen atoms in total. The van der Waals surface area contributed by atoms with Crippen LogP contribution in [-0.4, -0.2) is 40.4 Å². The predicted molar refractivity (Wildman–Crippen MR) is 135 cm³/mol. The number of imide groups is 1. The van der Waals surface area contributed by atoms with E-state index in [0.717, 1.165) is 47.2 Å². The molecule has 0 saturated carbocycles. The lowest BCUT2D eigenvalue weighted by atomic mass is 10.1. The third-order valence-corrected chi connectivity index (χ3v) is 7.47. The maximum Gasteiger partial charge on any atom is 0.338 e. The number of aromatic nitrogens is 1. The molecule has 5 rings (SSSR count). The lowest BCUT2D eigenvalue weighted by Gasteiger charge is -2.15. The number of Topliss-reactive ketones (excluding diaryl/α,β-unsaturated/α-hetero) is 1. The van der Waals surface area contributed by atoms with Crippen LogP contribution < -0.4 is 4.90 Å². The van der Waals surface area contributed by atoms with E-state index in [2.05, 4.69) is 11.1 Å². The minimum atomic E-state index is -0.694. The molecule has 3 aromatic rings. The van der Waals surface area contributed by atoms with Crippen LogP contribution in [0.5, 0.6) is 0 Å². The van der Waals surface area contributed by atoms with Crippen LogP contribution in [0, 0.1) is 11.3 Å². The number of ether oxygens (including phenoxy) is 1. The highest BCUT2D eigenvalue weighted by atomic mass is 32.2. The van der Waals surface area contributed by atoms with E-state index in [0.29, 0.717) is 21.8 Å². The SMILES string of the molecule is N#Cc1cc2c(nc1SC1CC(=O)N(c3ccc(C(=O)OCC(=O)c4ccccc4)cc3)C1=O)CCC2. The summed E-state index contributed by atoms with van der Waals surface area (Å²) in [5.74, 6) is -1.77. The maximum absolute atomic E-state index is 13.1. The number of carbonyl (C=O) groups is 4. The number of ketones is 1. The molecule has 0 spiro atoms. The smallest absolute Gasteiger partial charge is 0.338 e. The van der Waals surface area contributed by atoms with Gasteiger partial charge in [0.1, 0.15) is 11.1 Å². The molecule has 1 saturated heterocycles. The van der Waals surface area contributed by atoms with Crippen molar-refractivity contribution >= 4 is 41.0 Å². The molecule has 0 N–H and O–H groups in total. The third kappa shape index (κ3) is 5.01. The first-order valence-corrected chi connectivity index (χ1v) is 12.6. The number of aryl methyl sites for hydroxylation is 2. The van der Waals surface area contributed by atoms with Gasteiger partial charge in [-0.05, 0) is 55.2 Å². The van der Waals surface area contributed by atoms with Gasteiger partial charge in [0.2, 0.25) is 11.8 Å². The molecule has 184 valence electrons. The van der Waals surface area contributed by atoms with Gasteiger partial charge in [-0.3, -0.25) is 14.4 Å². The highest BCUT2D eigenvalue weighted by molar-refractivity contribution is 8.00. The van der Waals surface area contributed by atoms with Crippen molar-refractivity contribution in [3.8, 4) is 6.07 Å². The molecule has 2 aliphatic rings. The predicted octanol–water partition coefficient (Wildman–Crippen LogP) is 3.91. The van der Waals surface area contributed by atoms with E-state index in [4.69, 9.17) is 4.74 Å². The molecule has 2 amide bonds. The lowest BCUT2D eigenvalue weighted by molar-refractivity contribution is -0.121. The number of pyridine rings is 1. The Morgan fingerprint density at radius 1 is 1.05 bits per heavy atom. The van der Waals surface area contributed by atoms with Gasteiger partial charge in [-0.25, -0.2) is 14.7 Å². The van der Waals surface area contributed by atoms with Crippen molar-refractivity contribution in [3.05, 3.63) is 88.6 Å². The van der Waals surface area contributed by atoms with Crippen LogP contribution in [0.2, 0.25) is 0 Å². The Morgan fingerprint density at radius 3 is 2.54 bits per heavy atom. The molecule has 1 fully saturated rings. The second-order valence-corrected chi connectivity index (χ2v) is 9.89. The molecule has 1 unspecified atom stereocenters. The number of fused-ring (bicyclic) bond motifs is 1. The van der Waals surface area contributed by atoms with Crippen LogP contribution in [0.3, 0.4) is 0 Å². The van der Waals surface area contributed by atoms with Crippen molar-refractivity contribution in [1.29, 1.82) is 5.26 Å². The topological polar surface area (TPSA) is 117 Å². The monoisotopic (exact) mass is 511 g/mol. The fourth-order valence-electron chi connectivity index (χ4n) is 4.39.